The summed E-state index contributed by atoms with van der Waals surface area (Å²) < 4.78 is 22.0. The zero-order valence-corrected chi connectivity index (χ0v) is 13.1. The lowest BCUT2D eigenvalue weighted by Crippen LogP contribution is -2.00. The summed E-state index contributed by atoms with van der Waals surface area (Å²) >= 11 is 0. The molecule has 22 heavy (non-hydrogen) atoms. The fraction of sp³-hybridized carbons (Fsp3) is 0.263. The van der Waals surface area contributed by atoms with E-state index in [4.69, 9.17) is 4.74 Å². The highest BCUT2D eigenvalue weighted by atomic mass is 19.1. The molecule has 0 unspecified atom stereocenters. The van der Waals surface area contributed by atoms with E-state index >= 15 is 0 Å². The molecule has 0 aliphatic heterocycles. The molecular formula is C19H20FNO. The van der Waals surface area contributed by atoms with Gasteiger partial charge in [0.05, 0.1) is 5.52 Å². The highest BCUT2D eigenvalue weighted by Crippen LogP contribution is 2.28. The first kappa shape index (κ1) is 14.6. The predicted molar refractivity (Wildman–Crippen MR) is 87.8 cm³/mol. The van der Waals surface area contributed by atoms with Crippen LogP contribution in [-0.4, -0.2) is 4.57 Å². The van der Waals surface area contributed by atoms with Crippen LogP contribution in [0.25, 0.3) is 10.9 Å². The first-order valence-corrected chi connectivity index (χ1v) is 7.53. The molecule has 0 saturated heterocycles. The van der Waals surface area contributed by atoms with Crippen LogP contribution in [0.2, 0.25) is 0 Å². The van der Waals surface area contributed by atoms with E-state index in [-0.39, 0.29) is 11.9 Å². The topological polar surface area (TPSA) is 14.2 Å². The molecule has 0 saturated carbocycles. The van der Waals surface area contributed by atoms with E-state index in [0.29, 0.717) is 12.1 Å². The van der Waals surface area contributed by atoms with Gasteiger partial charge in [-0.25, -0.2) is 4.39 Å². The molecule has 1 heterocycles. The molecule has 0 amide bonds. The van der Waals surface area contributed by atoms with Crippen LogP contribution in [0.4, 0.5) is 4.39 Å². The van der Waals surface area contributed by atoms with Crippen molar-refractivity contribution in [3.05, 3.63) is 65.6 Å². The quantitative estimate of drug-likeness (QED) is 0.641. The van der Waals surface area contributed by atoms with Gasteiger partial charge in [-0.3, -0.25) is 0 Å². The molecule has 3 heteroatoms. The van der Waals surface area contributed by atoms with Gasteiger partial charge in [-0.15, -0.1) is 0 Å². The Balaban J connectivity index is 1.94. The summed E-state index contributed by atoms with van der Waals surface area (Å²) in [4.78, 5) is 0. The smallest absolute Gasteiger partial charge is 0.147 e. The second-order valence-electron chi connectivity index (χ2n) is 5.89. The number of benzene rings is 2. The Kier molecular flexibility index (Phi) is 3.88. The summed E-state index contributed by atoms with van der Waals surface area (Å²) in [6.07, 6.45) is 1.99. The number of fused-ring (bicyclic) bond motifs is 1. The molecule has 0 atom stereocenters. The van der Waals surface area contributed by atoms with Gasteiger partial charge in [0.15, 0.2) is 0 Å². The monoisotopic (exact) mass is 297 g/mol. The number of ether oxygens (including phenoxy) is 1. The van der Waals surface area contributed by atoms with E-state index in [0.717, 1.165) is 16.7 Å². The van der Waals surface area contributed by atoms with Crippen molar-refractivity contribution in [3.63, 3.8) is 0 Å². The van der Waals surface area contributed by atoms with Gasteiger partial charge in [-0.05, 0) is 39.0 Å². The molecule has 2 aromatic carbocycles. The third kappa shape index (κ3) is 2.71. The molecule has 1 aromatic heterocycles. The van der Waals surface area contributed by atoms with Gasteiger partial charge in [0, 0.05) is 23.2 Å². The lowest BCUT2D eigenvalue weighted by atomic mass is 10.2. The number of aromatic nitrogens is 1. The van der Waals surface area contributed by atoms with Crippen molar-refractivity contribution in [1.29, 1.82) is 0 Å². The number of hydrogen-bond donors (Lipinski definition) is 0. The molecule has 0 aliphatic rings. The molecule has 0 bridgehead atoms. The fourth-order valence-electron chi connectivity index (χ4n) is 2.66. The number of hydrogen-bond acceptors (Lipinski definition) is 1. The van der Waals surface area contributed by atoms with Crippen LogP contribution >= 0.6 is 0 Å². The van der Waals surface area contributed by atoms with Crippen molar-refractivity contribution in [2.45, 2.75) is 33.4 Å². The van der Waals surface area contributed by atoms with Crippen molar-refractivity contribution in [1.82, 2.24) is 4.57 Å². The van der Waals surface area contributed by atoms with Gasteiger partial charge in [0.1, 0.15) is 18.2 Å². The Morgan fingerprint density at radius 3 is 2.50 bits per heavy atom. The Labute approximate surface area is 130 Å². The van der Waals surface area contributed by atoms with Crippen LogP contribution in [0.1, 0.15) is 31.0 Å². The number of aryl methyl sites for hydroxylation is 1. The largest absolute Gasteiger partial charge is 0.489 e. The van der Waals surface area contributed by atoms with Gasteiger partial charge < -0.3 is 9.30 Å². The SMILES string of the molecule is Cc1ccc(OCc2cn(C(C)C)c3c(F)cccc23)cc1. The van der Waals surface area contributed by atoms with Crippen molar-refractivity contribution >= 4 is 10.9 Å². The zero-order valence-electron chi connectivity index (χ0n) is 13.1. The molecular weight excluding hydrogens is 277 g/mol. The van der Waals surface area contributed by atoms with E-state index in [1.807, 2.05) is 48.0 Å². The lowest BCUT2D eigenvalue weighted by molar-refractivity contribution is 0.307. The highest BCUT2D eigenvalue weighted by Gasteiger charge is 2.14. The normalized spacial score (nSPS) is 11.3. The van der Waals surface area contributed by atoms with Crippen LogP contribution in [0.5, 0.6) is 5.75 Å². The van der Waals surface area contributed by atoms with Crippen molar-refractivity contribution in [2.24, 2.45) is 0 Å². The summed E-state index contributed by atoms with van der Waals surface area (Å²) in [6.45, 7) is 6.58. The summed E-state index contributed by atoms with van der Waals surface area (Å²) in [6, 6.07) is 13.4. The van der Waals surface area contributed by atoms with E-state index in [2.05, 4.69) is 13.8 Å². The third-order valence-electron chi connectivity index (χ3n) is 3.86. The highest BCUT2D eigenvalue weighted by molar-refractivity contribution is 5.84. The maximum Gasteiger partial charge on any atom is 0.147 e. The van der Waals surface area contributed by atoms with Crippen molar-refractivity contribution in [2.75, 3.05) is 0 Å². The summed E-state index contributed by atoms with van der Waals surface area (Å²) in [5, 5.41) is 0.917. The molecule has 3 rings (SSSR count). The van der Waals surface area contributed by atoms with E-state index in [9.17, 15) is 4.39 Å². The third-order valence-corrected chi connectivity index (χ3v) is 3.86. The minimum absolute atomic E-state index is 0.187. The van der Waals surface area contributed by atoms with Crippen LogP contribution in [0.3, 0.4) is 0 Å². The molecule has 2 nitrogen and oxygen atoms in total. The molecule has 0 spiro atoms. The molecule has 0 fully saturated rings. The van der Waals surface area contributed by atoms with E-state index in [1.165, 1.54) is 11.6 Å². The second-order valence-corrected chi connectivity index (χ2v) is 5.89. The van der Waals surface area contributed by atoms with Crippen molar-refractivity contribution < 1.29 is 9.13 Å². The fourth-order valence-corrected chi connectivity index (χ4v) is 2.66. The summed E-state index contributed by atoms with van der Waals surface area (Å²) in [7, 11) is 0. The van der Waals surface area contributed by atoms with Crippen LogP contribution < -0.4 is 4.74 Å². The van der Waals surface area contributed by atoms with E-state index in [1.54, 1.807) is 6.07 Å². The molecule has 0 radical (unpaired) electrons. The lowest BCUT2D eigenvalue weighted by Gasteiger charge is -2.09. The van der Waals surface area contributed by atoms with Crippen LogP contribution in [0.15, 0.2) is 48.7 Å². The maximum absolute atomic E-state index is 14.2. The van der Waals surface area contributed by atoms with Crippen molar-refractivity contribution in [3.8, 4) is 5.75 Å². The number of nitrogens with zero attached hydrogens (tertiary/aromatic N) is 1. The number of halogens is 1. The molecule has 0 N–H and O–H groups in total. The molecule has 3 aromatic rings. The van der Waals surface area contributed by atoms with Gasteiger partial charge in [0.25, 0.3) is 0 Å². The standard InChI is InChI=1S/C19H20FNO/c1-13(2)21-11-15(17-5-4-6-18(20)19(17)21)12-22-16-9-7-14(3)8-10-16/h4-11,13H,12H2,1-3H3. The van der Waals surface area contributed by atoms with Gasteiger partial charge >= 0.3 is 0 Å². The van der Waals surface area contributed by atoms with Crippen LogP contribution in [0, 0.1) is 12.7 Å². The summed E-state index contributed by atoms with van der Waals surface area (Å²) in [5.74, 6) is 0.639. The molecule has 114 valence electrons. The molecule has 0 aliphatic carbocycles. The Bertz CT molecular complexity index is 787. The minimum Gasteiger partial charge on any atom is -0.489 e. The zero-order chi connectivity index (χ0) is 15.7. The number of rotatable bonds is 4. The Morgan fingerprint density at radius 2 is 1.82 bits per heavy atom. The predicted octanol–water partition coefficient (Wildman–Crippen LogP) is 5.25. The van der Waals surface area contributed by atoms with Gasteiger partial charge in [-0.2, -0.15) is 0 Å². The van der Waals surface area contributed by atoms with Crippen LogP contribution in [-0.2, 0) is 6.61 Å². The first-order chi connectivity index (χ1) is 10.6. The Hall–Kier alpha value is -2.29. The average molecular weight is 297 g/mol. The second kappa shape index (κ2) is 5.84. The Morgan fingerprint density at radius 1 is 1.09 bits per heavy atom. The average Bonchev–Trinajstić information content (AvgIpc) is 2.87. The maximum atomic E-state index is 14.2. The van der Waals surface area contributed by atoms with Gasteiger partial charge in [-0.1, -0.05) is 29.8 Å². The summed E-state index contributed by atoms with van der Waals surface area (Å²) in [5.41, 5.74) is 2.86. The van der Waals surface area contributed by atoms with Gasteiger partial charge in [0.2, 0.25) is 0 Å². The minimum atomic E-state index is -0.187. The number of para-hydroxylation sites is 1. The van der Waals surface area contributed by atoms with E-state index < -0.39 is 0 Å². The first-order valence-electron chi connectivity index (χ1n) is 7.53.